The lowest BCUT2D eigenvalue weighted by molar-refractivity contribution is 0.0777. The van der Waals surface area contributed by atoms with Crippen molar-refractivity contribution in [2.75, 3.05) is 7.05 Å². The fraction of sp³-hybridized carbons (Fsp3) is 0.500. The molecule has 0 spiro atoms. The van der Waals surface area contributed by atoms with E-state index in [9.17, 15) is 4.79 Å². The van der Waals surface area contributed by atoms with Gasteiger partial charge in [-0.15, -0.1) is 0 Å². The minimum Gasteiger partial charge on any atom is -0.336 e. The Hall–Kier alpha value is -1.63. The first-order valence-electron chi connectivity index (χ1n) is 6.97. The molecule has 2 aromatic rings. The normalized spacial score (nSPS) is 10.9. The first kappa shape index (κ1) is 15.8. The molecule has 6 nitrogen and oxygen atoms in total. The van der Waals surface area contributed by atoms with Crippen molar-refractivity contribution in [1.29, 1.82) is 0 Å². The quantitative estimate of drug-likeness (QED) is 0.829. The van der Waals surface area contributed by atoms with Gasteiger partial charge in [0.2, 0.25) is 0 Å². The molecule has 114 valence electrons. The number of aromatic nitrogens is 4. The summed E-state index contributed by atoms with van der Waals surface area (Å²) in [7, 11) is 1.78. The van der Waals surface area contributed by atoms with E-state index < -0.39 is 0 Å². The fourth-order valence-corrected chi connectivity index (χ4v) is 2.57. The van der Waals surface area contributed by atoms with E-state index in [0.717, 1.165) is 28.8 Å². The van der Waals surface area contributed by atoms with Crippen molar-refractivity contribution in [3.8, 4) is 0 Å². The zero-order valence-corrected chi connectivity index (χ0v) is 14.4. The van der Waals surface area contributed by atoms with E-state index in [-0.39, 0.29) is 5.91 Å². The summed E-state index contributed by atoms with van der Waals surface area (Å²) in [5.41, 5.74) is 2.45. The van der Waals surface area contributed by atoms with E-state index in [1.807, 2.05) is 37.8 Å². The van der Waals surface area contributed by atoms with Crippen molar-refractivity contribution in [2.45, 2.75) is 40.4 Å². The molecule has 2 heterocycles. The zero-order chi connectivity index (χ0) is 15.6. The number of carbonyl (C=O) groups excluding carboxylic acids is 1. The number of hydrogen-bond donors (Lipinski definition) is 0. The third-order valence-electron chi connectivity index (χ3n) is 3.37. The predicted molar refractivity (Wildman–Crippen MR) is 84.0 cm³/mol. The molecule has 0 aliphatic heterocycles. The van der Waals surface area contributed by atoms with E-state index in [4.69, 9.17) is 0 Å². The van der Waals surface area contributed by atoms with Crippen LogP contribution in [0.4, 0.5) is 0 Å². The van der Waals surface area contributed by atoms with Gasteiger partial charge in [-0.3, -0.25) is 14.2 Å². The molecule has 0 aliphatic rings. The van der Waals surface area contributed by atoms with Gasteiger partial charge in [0.25, 0.3) is 5.91 Å². The molecule has 0 saturated heterocycles. The second-order valence-electron chi connectivity index (χ2n) is 4.94. The summed E-state index contributed by atoms with van der Waals surface area (Å²) in [6.07, 6.45) is 3.81. The highest BCUT2D eigenvalue weighted by Gasteiger charge is 2.20. The lowest BCUT2D eigenvalue weighted by Gasteiger charge is -2.15. The molecule has 0 aliphatic carbocycles. The monoisotopic (exact) mass is 353 g/mol. The molecule has 0 unspecified atom stereocenters. The maximum atomic E-state index is 12.5. The van der Waals surface area contributed by atoms with Crippen LogP contribution in [0.15, 0.2) is 16.9 Å². The van der Waals surface area contributed by atoms with Crippen LogP contribution in [-0.4, -0.2) is 37.4 Å². The van der Waals surface area contributed by atoms with Crippen LogP contribution in [0.25, 0.3) is 0 Å². The van der Waals surface area contributed by atoms with E-state index in [1.54, 1.807) is 16.6 Å². The molecule has 0 radical (unpaired) electrons. The van der Waals surface area contributed by atoms with Crippen LogP contribution >= 0.6 is 15.9 Å². The van der Waals surface area contributed by atoms with Crippen molar-refractivity contribution in [2.24, 2.45) is 0 Å². The summed E-state index contributed by atoms with van der Waals surface area (Å²) in [4.78, 5) is 14.1. The standard InChI is InChI=1S/C14H20BrN5O/c1-5-19-8-11(10(3)16-19)7-18(4)14(21)13-12(15)9-20(6-2)17-13/h8-9H,5-7H2,1-4H3. The largest absolute Gasteiger partial charge is 0.336 e. The Bertz CT molecular complexity index is 646. The van der Waals surface area contributed by atoms with Crippen LogP contribution in [-0.2, 0) is 19.6 Å². The van der Waals surface area contributed by atoms with Crippen LogP contribution in [0.1, 0.15) is 35.6 Å². The number of hydrogen-bond acceptors (Lipinski definition) is 3. The fourth-order valence-electron chi connectivity index (χ4n) is 2.09. The van der Waals surface area contributed by atoms with Gasteiger partial charge in [-0.25, -0.2) is 0 Å². The van der Waals surface area contributed by atoms with Crippen LogP contribution in [0, 0.1) is 6.92 Å². The van der Waals surface area contributed by atoms with Crippen LogP contribution in [0.2, 0.25) is 0 Å². The van der Waals surface area contributed by atoms with Crippen molar-refractivity contribution < 1.29 is 4.79 Å². The van der Waals surface area contributed by atoms with Gasteiger partial charge in [0.05, 0.1) is 10.2 Å². The van der Waals surface area contributed by atoms with Gasteiger partial charge in [0, 0.05) is 44.6 Å². The number of halogens is 1. The average Bonchev–Trinajstić information content (AvgIpc) is 3.01. The van der Waals surface area contributed by atoms with E-state index >= 15 is 0 Å². The van der Waals surface area contributed by atoms with Gasteiger partial charge >= 0.3 is 0 Å². The van der Waals surface area contributed by atoms with Gasteiger partial charge in [-0.05, 0) is 36.7 Å². The Morgan fingerprint density at radius 3 is 2.38 bits per heavy atom. The summed E-state index contributed by atoms with van der Waals surface area (Å²) in [6.45, 7) is 8.07. The summed E-state index contributed by atoms with van der Waals surface area (Å²) < 4.78 is 4.35. The molecule has 0 atom stereocenters. The van der Waals surface area contributed by atoms with Gasteiger partial charge < -0.3 is 4.90 Å². The zero-order valence-electron chi connectivity index (χ0n) is 12.8. The molecular formula is C14H20BrN5O. The molecule has 1 amide bonds. The third-order valence-corrected chi connectivity index (χ3v) is 3.95. The Kier molecular flexibility index (Phi) is 4.82. The van der Waals surface area contributed by atoms with Crippen LogP contribution < -0.4 is 0 Å². The Morgan fingerprint density at radius 1 is 1.24 bits per heavy atom. The first-order valence-corrected chi connectivity index (χ1v) is 7.76. The summed E-state index contributed by atoms with van der Waals surface area (Å²) in [5, 5.41) is 8.69. The van der Waals surface area contributed by atoms with Crippen molar-refractivity contribution in [1.82, 2.24) is 24.5 Å². The lowest BCUT2D eigenvalue weighted by atomic mass is 10.2. The van der Waals surface area contributed by atoms with Crippen LogP contribution in [0.3, 0.4) is 0 Å². The Balaban J connectivity index is 2.15. The van der Waals surface area contributed by atoms with Gasteiger partial charge in [0.15, 0.2) is 5.69 Å². The number of aryl methyl sites for hydroxylation is 3. The minimum absolute atomic E-state index is 0.0993. The maximum absolute atomic E-state index is 12.5. The maximum Gasteiger partial charge on any atom is 0.275 e. The number of rotatable bonds is 5. The van der Waals surface area contributed by atoms with Gasteiger partial charge in [-0.1, -0.05) is 0 Å². The molecule has 2 rings (SSSR count). The van der Waals surface area contributed by atoms with E-state index in [2.05, 4.69) is 26.1 Å². The summed E-state index contributed by atoms with van der Waals surface area (Å²) in [6, 6.07) is 0. The summed E-state index contributed by atoms with van der Waals surface area (Å²) in [5.74, 6) is -0.0993. The average molecular weight is 354 g/mol. The van der Waals surface area contributed by atoms with Gasteiger partial charge in [-0.2, -0.15) is 10.2 Å². The Labute approximate surface area is 132 Å². The highest BCUT2D eigenvalue weighted by molar-refractivity contribution is 9.10. The number of carbonyl (C=O) groups is 1. The van der Waals surface area contributed by atoms with Crippen molar-refractivity contribution in [3.63, 3.8) is 0 Å². The molecule has 7 heteroatoms. The number of amides is 1. The molecule has 0 saturated carbocycles. The molecule has 2 aromatic heterocycles. The van der Waals surface area contributed by atoms with E-state index in [0.29, 0.717) is 12.2 Å². The van der Waals surface area contributed by atoms with Crippen LogP contribution in [0.5, 0.6) is 0 Å². The molecule has 0 aromatic carbocycles. The Morgan fingerprint density at radius 2 is 1.86 bits per heavy atom. The van der Waals surface area contributed by atoms with E-state index in [1.165, 1.54) is 0 Å². The minimum atomic E-state index is -0.0993. The molecule has 0 bridgehead atoms. The third kappa shape index (κ3) is 3.34. The smallest absolute Gasteiger partial charge is 0.275 e. The second-order valence-corrected chi connectivity index (χ2v) is 5.79. The lowest BCUT2D eigenvalue weighted by Crippen LogP contribution is -2.27. The molecule has 0 fully saturated rings. The topological polar surface area (TPSA) is 56.0 Å². The second kappa shape index (κ2) is 6.43. The van der Waals surface area contributed by atoms with Crippen molar-refractivity contribution >= 4 is 21.8 Å². The van der Waals surface area contributed by atoms with Gasteiger partial charge in [0.1, 0.15) is 0 Å². The van der Waals surface area contributed by atoms with Crippen molar-refractivity contribution in [3.05, 3.63) is 33.8 Å². The number of nitrogens with zero attached hydrogens (tertiary/aromatic N) is 5. The molecular weight excluding hydrogens is 334 g/mol. The first-order chi connectivity index (χ1) is 9.96. The molecule has 0 N–H and O–H groups in total. The highest BCUT2D eigenvalue weighted by Crippen LogP contribution is 2.18. The molecule has 21 heavy (non-hydrogen) atoms. The summed E-state index contributed by atoms with van der Waals surface area (Å²) >= 11 is 3.39. The predicted octanol–water partition coefficient (Wildman–Crippen LogP) is 2.46. The SMILES string of the molecule is CCn1cc(CN(C)C(=O)c2nn(CC)cc2Br)c(C)n1. The highest BCUT2D eigenvalue weighted by atomic mass is 79.9.